The van der Waals surface area contributed by atoms with Crippen LogP contribution < -0.4 is 4.74 Å². The van der Waals surface area contributed by atoms with Crippen molar-refractivity contribution in [1.82, 2.24) is 0 Å². The SMILES string of the molecule is CC[C@H](Oc1ccc(Br)cc1F)C(=O)O. The topological polar surface area (TPSA) is 46.5 Å². The van der Waals surface area contributed by atoms with Crippen LogP contribution in [0.3, 0.4) is 0 Å². The molecule has 1 aromatic rings. The summed E-state index contributed by atoms with van der Waals surface area (Å²) in [5, 5.41) is 8.72. The average Bonchev–Trinajstić information content (AvgIpc) is 2.16. The highest BCUT2D eigenvalue weighted by molar-refractivity contribution is 9.10. The number of benzene rings is 1. The first-order valence-corrected chi connectivity index (χ1v) is 5.18. The van der Waals surface area contributed by atoms with E-state index in [0.717, 1.165) is 0 Å². The van der Waals surface area contributed by atoms with E-state index in [1.165, 1.54) is 12.1 Å². The monoisotopic (exact) mass is 276 g/mol. The Kier molecular flexibility index (Phi) is 4.08. The third kappa shape index (κ3) is 3.20. The molecule has 1 aromatic carbocycles. The number of hydrogen-bond acceptors (Lipinski definition) is 2. The molecule has 1 N–H and O–H groups in total. The van der Waals surface area contributed by atoms with E-state index in [1.54, 1.807) is 13.0 Å². The quantitative estimate of drug-likeness (QED) is 0.920. The van der Waals surface area contributed by atoms with Gasteiger partial charge in [-0.3, -0.25) is 0 Å². The summed E-state index contributed by atoms with van der Waals surface area (Å²) >= 11 is 3.10. The average molecular weight is 277 g/mol. The number of ether oxygens (including phenoxy) is 1. The molecular formula is C10H10BrFO3. The number of carboxylic acids is 1. The highest BCUT2D eigenvalue weighted by Gasteiger charge is 2.18. The van der Waals surface area contributed by atoms with E-state index in [9.17, 15) is 9.18 Å². The summed E-state index contributed by atoms with van der Waals surface area (Å²) < 4.78 is 18.9. The van der Waals surface area contributed by atoms with Gasteiger partial charge in [0, 0.05) is 4.47 Å². The van der Waals surface area contributed by atoms with Gasteiger partial charge in [0.15, 0.2) is 17.7 Å². The second-order valence-electron chi connectivity index (χ2n) is 2.93. The second-order valence-corrected chi connectivity index (χ2v) is 3.84. The molecule has 3 nitrogen and oxygen atoms in total. The minimum atomic E-state index is -1.10. The van der Waals surface area contributed by atoms with Crippen LogP contribution in [0.15, 0.2) is 22.7 Å². The van der Waals surface area contributed by atoms with E-state index >= 15 is 0 Å². The smallest absolute Gasteiger partial charge is 0.344 e. The summed E-state index contributed by atoms with van der Waals surface area (Å²) in [6, 6.07) is 4.21. The summed E-state index contributed by atoms with van der Waals surface area (Å²) in [6.07, 6.45) is -0.731. The molecule has 0 amide bonds. The molecule has 0 aliphatic rings. The maximum Gasteiger partial charge on any atom is 0.344 e. The van der Waals surface area contributed by atoms with Gasteiger partial charge >= 0.3 is 5.97 Å². The van der Waals surface area contributed by atoms with Gasteiger partial charge in [-0.05, 0) is 24.6 Å². The zero-order chi connectivity index (χ0) is 11.4. The van der Waals surface area contributed by atoms with Crippen LogP contribution in [0.2, 0.25) is 0 Å². The van der Waals surface area contributed by atoms with Crippen LogP contribution in [-0.2, 0) is 4.79 Å². The Morgan fingerprint density at radius 2 is 2.33 bits per heavy atom. The van der Waals surface area contributed by atoms with Gasteiger partial charge in [0.25, 0.3) is 0 Å². The standard InChI is InChI=1S/C10H10BrFO3/c1-2-8(10(13)14)15-9-4-3-6(11)5-7(9)12/h3-5,8H,2H2,1H3,(H,13,14)/t8-/m0/s1. The van der Waals surface area contributed by atoms with Crippen molar-refractivity contribution in [2.75, 3.05) is 0 Å². The molecule has 0 aromatic heterocycles. The maximum absolute atomic E-state index is 13.3. The highest BCUT2D eigenvalue weighted by atomic mass is 79.9. The van der Waals surface area contributed by atoms with Crippen molar-refractivity contribution in [2.24, 2.45) is 0 Å². The maximum atomic E-state index is 13.3. The number of rotatable bonds is 4. The molecule has 0 bridgehead atoms. The number of halogens is 2. The summed E-state index contributed by atoms with van der Waals surface area (Å²) in [4.78, 5) is 10.7. The fraction of sp³-hybridized carbons (Fsp3) is 0.300. The van der Waals surface area contributed by atoms with Crippen LogP contribution in [0.4, 0.5) is 4.39 Å². The molecule has 0 unspecified atom stereocenters. The number of hydrogen-bond donors (Lipinski definition) is 1. The molecule has 1 atom stereocenters. The Hall–Kier alpha value is -1.10. The van der Waals surface area contributed by atoms with Gasteiger partial charge in [0.05, 0.1) is 0 Å². The van der Waals surface area contributed by atoms with Crippen LogP contribution in [0, 0.1) is 5.82 Å². The molecule has 0 heterocycles. The van der Waals surface area contributed by atoms with Crippen LogP contribution in [-0.4, -0.2) is 17.2 Å². The van der Waals surface area contributed by atoms with Crippen LogP contribution in [0.25, 0.3) is 0 Å². The third-order valence-electron chi connectivity index (χ3n) is 1.81. The zero-order valence-electron chi connectivity index (χ0n) is 8.04. The van der Waals surface area contributed by atoms with Crippen molar-refractivity contribution in [2.45, 2.75) is 19.4 Å². The van der Waals surface area contributed by atoms with Gasteiger partial charge in [-0.1, -0.05) is 22.9 Å². The van der Waals surface area contributed by atoms with Gasteiger partial charge in [-0.25, -0.2) is 9.18 Å². The van der Waals surface area contributed by atoms with Crippen molar-refractivity contribution in [1.29, 1.82) is 0 Å². The zero-order valence-corrected chi connectivity index (χ0v) is 9.62. The van der Waals surface area contributed by atoms with E-state index in [-0.39, 0.29) is 12.2 Å². The second kappa shape index (κ2) is 5.11. The minimum absolute atomic E-state index is 0.0487. The first kappa shape index (κ1) is 12.0. The molecule has 15 heavy (non-hydrogen) atoms. The highest BCUT2D eigenvalue weighted by Crippen LogP contribution is 2.22. The molecule has 5 heteroatoms. The molecule has 0 fully saturated rings. The van der Waals surface area contributed by atoms with Crippen molar-refractivity contribution in [3.05, 3.63) is 28.5 Å². The van der Waals surface area contributed by atoms with Gasteiger partial charge in [-0.2, -0.15) is 0 Å². The van der Waals surface area contributed by atoms with Gasteiger partial charge in [0.1, 0.15) is 0 Å². The van der Waals surface area contributed by atoms with Crippen LogP contribution in [0.1, 0.15) is 13.3 Å². The number of aliphatic carboxylic acids is 1. The molecule has 0 spiro atoms. The van der Waals surface area contributed by atoms with Crippen molar-refractivity contribution >= 4 is 21.9 Å². The van der Waals surface area contributed by atoms with Crippen molar-refractivity contribution in [3.63, 3.8) is 0 Å². The lowest BCUT2D eigenvalue weighted by Crippen LogP contribution is -2.26. The normalized spacial score (nSPS) is 12.2. The van der Waals surface area contributed by atoms with E-state index in [0.29, 0.717) is 4.47 Å². The van der Waals surface area contributed by atoms with E-state index in [4.69, 9.17) is 9.84 Å². The minimum Gasteiger partial charge on any atom is -0.479 e. The Morgan fingerprint density at radius 1 is 1.67 bits per heavy atom. The summed E-state index contributed by atoms with van der Waals surface area (Å²) in [6.45, 7) is 1.66. The largest absolute Gasteiger partial charge is 0.479 e. The Morgan fingerprint density at radius 3 is 2.80 bits per heavy atom. The Bertz CT molecular complexity index is 368. The molecule has 0 saturated heterocycles. The molecule has 0 aliphatic carbocycles. The predicted molar refractivity (Wildman–Crippen MR) is 56.4 cm³/mol. The fourth-order valence-corrected chi connectivity index (χ4v) is 1.37. The lowest BCUT2D eigenvalue weighted by Gasteiger charge is -2.13. The molecule has 1 rings (SSSR count). The molecule has 0 aliphatic heterocycles. The van der Waals surface area contributed by atoms with Crippen LogP contribution >= 0.6 is 15.9 Å². The molecule has 0 radical (unpaired) electrons. The summed E-state index contributed by atoms with van der Waals surface area (Å²) in [7, 11) is 0. The third-order valence-corrected chi connectivity index (χ3v) is 2.30. The van der Waals surface area contributed by atoms with Gasteiger partial charge < -0.3 is 9.84 Å². The fourth-order valence-electron chi connectivity index (χ4n) is 1.03. The van der Waals surface area contributed by atoms with Gasteiger partial charge in [0.2, 0.25) is 0 Å². The Balaban J connectivity index is 2.84. The number of carboxylic acid groups (broad SMARTS) is 1. The lowest BCUT2D eigenvalue weighted by molar-refractivity contribution is -0.145. The Labute approximate surface area is 95.0 Å². The predicted octanol–water partition coefficient (Wildman–Crippen LogP) is 2.83. The lowest BCUT2D eigenvalue weighted by atomic mass is 10.2. The van der Waals surface area contributed by atoms with E-state index < -0.39 is 17.9 Å². The van der Waals surface area contributed by atoms with E-state index in [1.807, 2.05) is 0 Å². The van der Waals surface area contributed by atoms with Gasteiger partial charge in [-0.15, -0.1) is 0 Å². The summed E-state index contributed by atoms with van der Waals surface area (Å²) in [5.41, 5.74) is 0. The van der Waals surface area contributed by atoms with Crippen LogP contribution in [0.5, 0.6) is 5.75 Å². The van der Waals surface area contributed by atoms with Crippen molar-refractivity contribution < 1.29 is 19.0 Å². The first-order valence-electron chi connectivity index (χ1n) is 4.39. The van der Waals surface area contributed by atoms with Crippen molar-refractivity contribution in [3.8, 4) is 5.75 Å². The van der Waals surface area contributed by atoms with E-state index in [2.05, 4.69) is 15.9 Å². The molecular weight excluding hydrogens is 267 g/mol. The first-order chi connectivity index (χ1) is 7.04. The summed E-state index contributed by atoms with van der Waals surface area (Å²) in [5.74, 6) is -1.73. The molecule has 82 valence electrons. The number of carbonyl (C=O) groups is 1. The molecule has 0 saturated carbocycles.